The van der Waals surface area contributed by atoms with Gasteiger partial charge in [-0.2, -0.15) is 0 Å². The van der Waals surface area contributed by atoms with Crippen molar-refractivity contribution in [3.05, 3.63) is 47.2 Å². The van der Waals surface area contributed by atoms with Gasteiger partial charge < -0.3 is 14.2 Å². The SMILES string of the molecule is CCOC(=O)C1=CO[C@@H]2O[C@H]1C(=O)c1ccccc12. The fraction of sp³-hybridized carbons (Fsp3) is 0.286. The summed E-state index contributed by atoms with van der Waals surface area (Å²) in [5.41, 5.74) is 1.32. The first kappa shape index (κ1) is 11.9. The minimum absolute atomic E-state index is 0.109. The van der Waals surface area contributed by atoms with Gasteiger partial charge in [-0.25, -0.2) is 4.79 Å². The summed E-state index contributed by atoms with van der Waals surface area (Å²) in [6.45, 7) is 1.93. The molecule has 2 heterocycles. The van der Waals surface area contributed by atoms with Gasteiger partial charge in [-0.1, -0.05) is 24.3 Å². The van der Waals surface area contributed by atoms with Crippen LogP contribution in [0.2, 0.25) is 0 Å². The zero-order chi connectivity index (χ0) is 13.4. The van der Waals surface area contributed by atoms with Crippen molar-refractivity contribution in [3.8, 4) is 0 Å². The van der Waals surface area contributed by atoms with Crippen LogP contribution in [-0.2, 0) is 19.0 Å². The number of rotatable bonds is 2. The van der Waals surface area contributed by atoms with Gasteiger partial charge in [0.15, 0.2) is 11.9 Å². The number of ether oxygens (including phenoxy) is 3. The summed E-state index contributed by atoms with van der Waals surface area (Å²) < 4.78 is 15.8. The van der Waals surface area contributed by atoms with Crippen LogP contribution in [0.15, 0.2) is 36.1 Å². The van der Waals surface area contributed by atoms with Crippen molar-refractivity contribution in [1.29, 1.82) is 0 Å². The zero-order valence-corrected chi connectivity index (χ0v) is 10.3. The molecule has 1 aromatic carbocycles. The van der Waals surface area contributed by atoms with Crippen molar-refractivity contribution in [3.63, 3.8) is 0 Å². The molecule has 0 aliphatic carbocycles. The fourth-order valence-electron chi connectivity index (χ4n) is 2.21. The molecule has 0 N–H and O–H groups in total. The van der Waals surface area contributed by atoms with E-state index in [4.69, 9.17) is 14.2 Å². The molecule has 0 unspecified atom stereocenters. The highest BCUT2D eigenvalue weighted by Gasteiger charge is 2.42. The standard InChI is InChI=1S/C14H12O5/c1-2-17-13(16)10-7-18-14-9-6-4-3-5-8(9)11(15)12(10)19-14/h3-7,12,14H,2H2,1H3/t12-,14-/m1/s1. The summed E-state index contributed by atoms with van der Waals surface area (Å²) in [5.74, 6) is -0.826. The number of carbonyl (C=O) groups is 2. The molecule has 0 amide bonds. The molecule has 5 nitrogen and oxygen atoms in total. The summed E-state index contributed by atoms with van der Waals surface area (Å²) in [6.07, 6.45) is -0.310. The van der Waals surface area contributed by atoms with Crippen LogP contribution in [0.5, 0.6) is 0 Å². The predicted octanol–water partition coefficient (Wildman–Crippen LogP) is 1.74. The van der Waals surface area contributed by atoms with E-state index in [1.807, 2.05) is 6.07 Å². The smallest absolute Gasteiger partial charge is 0.340 e. The maximum absolute atomic E-state index is 12.3. The third kappa shape index (κ3) is 1.82. The molecule has 0 saturated carbocycles. The van der Waals surface area contributed by atoms with Crippen molar-refractivity contribution in [1.82, 2.24) is 0 Å². The molecule has 2 aliphatic heterocycles. The van der Waals surface area contributed by atoms with Gasteiger partial charge in [0.05, 0.1) is 6.61 Å². The van der Waals surface area contributed by atoms with Crippen LogP contribution in [0, 0.1) is 0 Å². The number of Topliss-reactive ketones (excluding diaryl/α,β-unsaturated/α-hetero) is 1. The van der Waals surface area contributed by atoms with Crippen LogP contribution in [0.3, 0.4) is 0 Å². The largest absolute Gasteiger partial charge is 0.467 e. The molecule has 3 rings (SSSR count). The average molecular weight is 260 g/mol. The second kappa shape index (κ2) is 4.51. The van der Waals surface area contributed by atoms with Crippen LogP contribution in [0.1, 0.15) is 29.1 Å². The molecule has 0 fully saturated rings. The van der Waals surface area contributed by atoms with E-state index in [1.54, 1.807) is 25.1 Å². The van der Waals surface area contributed by atoms with Crippen LogP contribution < -0.4 is 0 Å². The summed E-state index contributed by atoms with van der Waals surface area (Å²) in [7, 11) is 0. The van der Waals surface area contributed by atoms with E-state index in [9.17, 15) is 9.59 Å². The van der Waals surface area contributed by atoms with Gasteiger partial charge in [-0.3, -0.25) is 4.79 Å². The van der Waals surface area contributed by atoms with E-state index >= 15 is 0 Å². The highest BCUT2D eigenvalue weighted by Crippen LogP contribution is 2.37. The molecule has 2 aliphatic rings. The Morgan fingerprint density at radius 3 is 2.95 bits per heavy atom. The first-order chi connectivity index (χ1) is 9.22. The zero-order valence-electron chi connectivity index (χ0n) is 10.3. The Kier molecular flexibility index (Phi) is 2.83. The Balaban J connectivity index is 1.99. The third-order valence-electron chi connectivity index (χ3n) is 3.09. The molecular formula is C14H12O5. The molecule has 0 radical (unpaired) electrons. The number of carbonyl (C=O) groups excluding carboxylic acids is 2. The van der Waals surface area contributed by atoms with Gasteiger partial charge >= 0.3 is 5.97 Å². The first-order valence-corrected chi connectivity index (χ1v) is 6.03. The van der Waals surface area contributed by atoms with E-state index in [-0.39, 0.29) is 18.0 Å². The van der Waals surface area contributed by atoms with Gasteiger partial charge in [-0.15, -0.1) is 0 Å². The van der Waals surface area contributed by atoms with Crippen molar-refractivity contribution >= 4 is 11.8 Å². The maximum Gasteiger partial charge on any atom is 0.340 e. The van der Waals surface area contributed by atoms with E-state index in [2.05, 4.69) is 0 Å². The molecule has 19 heavy (non-hydrogen) atoms. The minimum atomic E-state index is -0.937. The summed E-state index contributed by atoms with van der Waals surface area (Å²) in [5, 5.41) is 0. The fourth-order valence-corrected chi connectivity index (χ4v) is 2.21. The quantitative estimate of drug-likeness (QED) is 0.758. The second-order valence-corrected chi connectivity index (χ2v) is 4.23. The molecule has 2 bridgehead atoms. The van der Waals surface area contributed by atoms with Gasteiger partial charge in [0.2, 0.25) is 6.29 Å². The van der Waals surface area contributed by atoms with Crippen LogP contribution >= 0.6 is 0 Å². The van der Waals surface area contributed by atoms with Crippen molar-refractivity contribution in [2.45, 2.75) is 19.3 Å². The van der Waals surface area contributed by atoms with Crippen molar-refractivity contribution in [2.24, 2.45) is 0 Å². The molecule has 0 saturated heterocycles. The highest BCUT2D eigenvalue weighted by molar-refractivity contribution is 6.08. The topological polar surface area (TPSA) is 61.8 Å². The van der Waals surface area contributed by atoms with Gasteiger partial charge in [-0.05, 0) is 6.92 Å². The van der Waals surface area contributed by atoms with E-state index in [1.165, 1.54) is 6.26 Å². The van der Waals surface area contributed by atoms with Crippen LogP contribution in [0.4, 0.5) is 0 Å². The summed E-state index contributed by atoms with van der Waals surface area (Å²) in [4.78, 5) is 24.1. The molecule has 1 aromatic rings. The molecular weight excluding hydrogens is 248 g/mol. The number of esters is 1. The Morgan fingerprint density at radius 2 is 2.16 bits per heavy atom. The van der Waals surface area contributed by atoms with Crippen molar-refractivity contribution in [2.75, 3.05) is 6.61 Å². The van der Waals surface area contributed by atoms with E-state index in [0.29, 0.717) is 11.1 Å². The molecule has 0 spiro atoms. The predicted molar refractivity (Wildman–Crippen MR) is 64.2 cm³/mol. The van der Waals surface area contributed by atoms with Gasteiger partial charge in [0.1, 0.15) is 11.8 Å². The lowest BCUT2D eigenvalue weighted by Crippen LogP contribution is -2.40. The van der Waals surface area contributed by atoms with Gasteiger partial charge in [0, 0.05) is 11.1 Å². The minimum Gasteiger partial charge on any atom is -0.467 e. The molecule has 0 aromatic heterocycles. The summed E-state index contributed by atoms with van der Waals surface area (Å²) >= 11 is 0. The third-order valence-corrected chi connectivity index (χ3v) is 3.09. The number of hydrogen-bond donors (Lipinski definition) is 0. The lowest BCUT2D eigenvalue weighted by molar-refractivity contribution is -0.160. The molecule has 98 valence electrons. The maximum atomic E-state index is 12.3. The highest BCUT2D eigenvalue weighted by atomic mass is 16.7. The number of fused-ring (bicyclic) bond motifs is 4. The summed E-state index contributed by atoms with van der Waals surface area (Å²) in [6, 6.07) is 7.06. The van der Waals surface area contributed by atoms with Gasteiger partial charge in [0.25, 0.3) is 0 Å². The monoisotopic (exact) mass is 260 g/mol. The van der Waals surface area contributed by atoms with Crippen molar-refractivity contribution < 1.29 is 23.8 Å². The number of ketones is 1. The average Bonchev–Trinajstić information content (AvgIpc) is 2.45. The Bertz CT molecular complexity index is 575. The Labute approximate surface area is 109 Å². The Hall–Kier alpha value is -2.14. The molecule has 2 atom stereocenters. The second-order valence-electron chi connectivity index (χ2n) is 4.23. The van der Waals surface area contributed by atoms with Crippen LogP contribution in [0.25, 0.3) is 0 Å². The first-order valence-electron chi connectivity index (χ1n) is 6.03. The number of benzene rings is 1. The van der Waals surface area contributed by atoms with E-state index in [0.717, 1.165) is 0 Å². The van der Waals surface area contributed by atoms with E-state index < -0.39 is 18.4 Å². The Morgan fingerprint density at radius 1 is 1.37 bits per heavy atom. The normalized spacial score (nSPS) is 24.1. The lowest BCUT2D eigenvalue weighted by Gasteiger charge is -2.34. The van der Waals surface area contributed by atoms with Crippen LogP contribution in [-0.4, -0.2) is 24.5 Å². The molecule has 5 heteroatoms. The lowest BCUT2D eigenvalue weighted by atomic mass is 9.92. The number of hydrogen-bond acceptors (Lipinski definition) is 5.